The molecule has 3 aromatic carbocycles. The molecule has 1 heterocycles. The van der Waals surface area contributed by atoms with E-state index < -0.39 is 0 Å². The number of hydrogen-bond donors (Lipinski definition) is 0. The minimum atomic E-state index is -0.0961. The zero-order chi connectivity index (χ0) is 21.1. The third-order valence-corrected chi connectivity index (χ3v) is 6.06. The fraction of sp³-hybridized carbons (Fsp3) is 0.333. The van der Waals surface area contributed by atoms with Crippen LogP contribution in [0.3, 0.4) is 0 Å². The lowest BCUT2D eigenvalue weighted by Crippen LogP contribution is -2.20. The predicted molar refractivity (Wildman–Crippen MR) is 120 cm³/mol. The number of aryl methyl sites for hydroxylation is 1. The molecule has 1 saturated heterocycles. The molecule has 1 aliphatic heterocycles. The first-order valence-corrected chi connectivity index (χ1v) is 10.8. The van der Waals surface area contributed by atoms with Crippen LogP contribution >= 0.6 is 0 Å². The summed E-state index contributed by atoms with van der Waals surface area (Å²) in [6, 6.07) is 20.4. The predicted octanol–water partition coefficient (Wildman–Crippen LogP) is 7.14. The zero-order valence-corrected chi connectivity index (χ0v) is 18.0. The van der Waals surface area contributed by atoms with Crippen LogP contribution in [0.15, 0.2) is 60.7 Å². The van der Waals surface area contributed by atoms with Crippen molar-refractivity contribution in [2.24, 2.45) is 0 Å². The number of benzene rings is 3. The maximum Gasteiger partial charge on any atom is 0.130 e. The maximum absolute atomic E-state index is 15.3. The Balaban J connectivity index is 1.47. The van der Waals surface area contributed by atoms with Gasteiger partial charge in [0.1, 0.15) is 11.6 Å². The van der Waals surface area contributed by atoms with E-state index in [0.29, 0.717) is 18.8 Å². The summed E-state index contributed by atoms with van der Waals surface area (Å²) in [5.74, 6) is 0.872. The number of rotatable bonds is 5. The second-order valence-electron chi connectivity index (χ2n) is 8.11. The molecule has 0 N–H and O–H groups in total. The Kier molecular flexibility index (Phi) is 6.19. The van der Waals surface area contributed by atoms with Crippen molar-refractivity contribution in [1.29, 1.82) is 0 Å². The van der Waals surface area contributed by atoms with Crippen molar-refractivity contribution in [2.75, 3.05) is 13.2 Å². The fourth-order valence-electron chi connectivity index (χ4n) is 4.27. The molecule has 156 valence electrons. The van der Waals surface area contributed by atoms with E-state index in [0.717, 1.165) is 40.8 Å². The van der Waals surface area contributed by atoms with Gasteiger partial charge < -0.3 is 9.47 Å². The molecule has 0 aliphatic carbocycles. The molecule has 0 spiro atoms. The molecule has 30 heavy (non-hydrogen) atoms. The third-order valence-electron chi connectivity index (χ3n) is 6.06. The van der Waals surface area contributed by atoms with E-state index >= 15 is 4.39 Å². The van der Waals surface area contributed by atoms with Gasteiger partial charge in [0.25, 0.3) is 0 Å². The van der Waals surface area contributed by atoms with Gasteiger partial charge in [-0.05, 0) is 73.6 Å². The highest BCUT2D eigenvalue weighted by Crippen LogP contribution is 2.38. The summed E-state index contributed by atoms with van der Waals surface area (Å²) in [6.07, 6.45) is 1.86. The first-order valence-electron chi connectivity index (χ1n) is 10.8. The summed E-state index contributed by atoms with van der Waals surface area (Å²) in [5.41, 5.74) is 5.86. The van der Waals surface area contributed by atoms with Crippen molar-refractivity contribution in [1.82, 2.24) is 0 Å². The van der Waals surface area contributed by atoms with Gasteiger partial charge in [0.2, 0.25) is 0 Å². The van der Waals surface area contributed by atoms with Crippen LogP contribution in [0.2, 0.25) is 0 Å². The Morgan fingerprint density at radius 3 is 2.30 bits per heavy atom. The molecule has 0 amide bonds. The highest BCUT2D eigenvalue weighted by molar-refractivity contribution is 5.68. The van der Waals surface area contributed by atoms with Crippen LogP contribution in [-0.4, -0.2) is 13.2 Å². The lowest BCUT2D eigenvalue weighted by Gasteiger charge is -2.30. The lowest BCUT2D eigenvalue weighted by atomic mass is 9.86. The molecule has 1 fully saturated rings. The Labute approximate surface area is 178 Å². The van der Waals surface area contributed by atoms with E-state index in [2.05, 4.69) is 49.4 Å². The van der Waals surface area contributed by atoms with Crippen molar-refractivity contribution < 1.29 is 13.9 Å². The van der Waals surface area contributed by atoms with E-state index in [1.165, 1.54) is 5.56 Å². The average molecular weight is 405 g/mol. The minimum absolute atomic E-state index is 0.0629. The Morgan fingerprint density at radius 2 is 1.67 bits per heavy atom. The van der Waals surface area contributed by atoms with Crippen molar-refractivity contribution in [2.45, 2.75) is 45.6 Å². The smallest absolute Gasteiger partial charge is 0.130 e. The molecule has 3 aromatic rings. The number of halogens is 1. The molecule has 1 aliphatic rings. The number of ether oxygens (including phenoxy) is 2. The monoisotopic (exact) mass is 404 g/mol. The second kappa shape index (κ2) is 9.01. The summed E-state index contributed by atoms with van der Waals surface area (Å²) in [7, 11) is 0. The largest absolute Gasteiger partial charge is 0.494 e. The zero-order valence-electron chi connectivity index (χ0n) is 18.0. The van der Waals surface area contributed by atoms with E-state index in [-0.39, 0.29) is 17.8 Å². The normalized spacial score (nSPS) is 18.9. The highest BCUT2D eigenvalue weighted by atomic mass is 19.1. The third kappa shape index (κ3) is 4.27. The molecule has 2 unspecified atom stereocenters. The first kappa shape index (κ1) is 20.6. The van der Waals surface area contributed by atoms with Crippen molar-refractivity contribution in [3.05, 3.63) is 88.7 Å². The van der Waals surface area contributed by atoms with E-state index in [9.17, 15) is 0 Å². The topological polar surface area (TPSA) is 18.5 Å². The second-order valence-corrected chi connectivity index (χ2v) is 8.11. The van der Waals surface area contributed by atoms with Crippen molar-refractivity contribution in [3.63, 3.8) is 0 Å². The molecule has 3 heteroatoms. The van der Waals surface area contributed by atoms with Crippen LogP contribution in [-0.2, 0) is 4.74 Å². The lowest BCUT2D eigenvalue weighted by molar-refractivity contribution is 0.00170. The number of hydrogen-bond acceptors (Lipinski definition) is 2. The molecule has 2 atom stereocenters. The SMILES string of the molecule is CCOc1ccc(C2CCC(c3ccc(-c4ccc(C)cc4)c(C)c3F)CO2)cc1. The van der Waals surface area contributed by atoms with Crippen LogP contribution in [0.1, 0.15) is 54.0 Å². The Hall–Kier alpha value is -2.65. The van der Waals surface area contributed by atoms with Gasteiger partial charge in [0.05, 0.1) is 19.3 Å². The quantitative estimate of drug-likeness (QED) is 0.450. The molecular formula is C27H29FO2. The van der Waals surface area contributed by atoms with E-state index in [1.807, 2.05) is 32.0 Å². The van der Waals surface area contributed by atoms with Crippen molar-refractivity contribution in [3.8, 4) is 16.9 Å². The summed E-state index contributed by atoms with van der Waals surface area (Å²) >= 11 is 0. The first-order chi connectivity index (χ1) is 14.6. The average Bonchev–Trinajstić information content (AvgIpc) is 2.77. The molecule has 0 saturated carbocycles. The standard InChI is InChI=1S/C27H29FO2/c1-4-29-23-12-9-21(10-13-23)26-16-11-22(17-30-26)25-15-14-24(19(3)27(25)28)20-7-5-18(2)6-8-20/h5-10,12-15,22,26H,4,11,16-17H2,1-3H3. The Bertz CT molecular complexity index is 985. The van der Waals surface area contributed by atoms with Crippen molar-refractivity contribution >= 4 is 0 Å². The van der Waals surface area contributed by atoms with Gasteiger partial charge in [0, 0.05) is 5.92 Å². The van der Waals surface area contributed by atoms with Gasteiger partial charge in [-0.25, -0.2) is 4.39 Å². The Morgan fingerprint density at radius 1 is 0.933 bits per heavy atom. The van der Waals surface area contributed by atoms with Gasteiger partial charge in [-0.2, -0.15) is 0 Å². The van der Waals surface area contributed by atoms with E-state index in [1.54, 1.807) is 0 Å². The summed E-state index contributed by atoms with van der Waals surface area (Å²) in [6.45, 7) is 7.11. The van der Waals surface area contributed by atoms with Crippen LogP contribution in [0, 0.1) is 19.7 Å². The van der Waals surface area contributed by atoms with Crippen LogP contribution < -0.4 is 4.74 Å². The van der Waals surface area contributed by atoms with Gasteiger partial charge in [-0.15, -0.1) is 0 Å². The van der Waals surface area contributed by atoms with Gasteiger partial charge >= 0.3 is 0 Å². The summed E-state index contributed by atoms with van der Waals surface area (Å²) in [5, 5.41) is 0. The molecule has 0 bridgehead atoms. The molecule has 2 nitrogen and oxygen atoms in total. The minimum Gasteiger partial charge on any atom is -0.494 e. The molecule has 4 rings (SSSR count). The fourth-order valence-corrected chi connectivity index (χ4v) is 4.27. The van der Waals surface area contributed by atoms with Gasteiger partial charge in [-0.1, -0.05) is 54.1 Å². The summed E-state index contributed by atoms with van der Waals surface area (Å²) in [4.78, 5) is 0. The van der Waals surface area contributed by atoms with Gasteiger partial charge in [0.15, 0.2) is 0 Å². The summed E-state index contributed by atoms with van der Waals surface area (Å²) < 4.78 is 26.9. The molecule has 0 aromatic heterocycles. The highest BCUT2D eigenvalue weighted by Gasteiger charge is 2.27. The van der Waals surface area contributed by atoms with Crippen LogP contribution in [0.5, 0.6) is 5.75 Å². The van der Waals surface area contributed by atoms with E-state index in [4.69, 9.17) is 9.47 Å². The van der Waals surface area contributed by atoms with Gasteiger partial charge in [-0.3, -0.25) is 0 Å². The maximum atomic E-state index is 15.3. The van der Waals surface area contributed by atoms with Crippen LogP contribution in [0.25, 0.3) is 11.1 Å². The molecule has 0 radical (unpaired) electrons. The molecular weight excluding hydrogens is 375 g/mol. The van der Waals surface area contributed by atoms with Crippen LogP contribution in [0.4, 0.5) is 4.39 Å².